The zero-order valence-electron chi connectivity index (χ0n) is 16.3. The van der Waals surface area contributed by atoms with E-state index in [1.807, 2.05) is 12.1 Å². The lowest BCUT2D eigenvalue weighted by Gasteiger charge is -2.57. The molecule has 1 heterocycles. The van der Waals surface area contributed by atoms with Gasteiger partial charge in [-0.15, -0.1) is 0 Å². The van der Waals surface area contributed by atoms with Crippen molar-refractivity contribution in [3.05, 3.63) is 36.2 Å². The summed E-state index contributed by atoms with van der Waals surface area (Å²) in [6, 6.07) is 7.03. The molecule has 4 fully saturated rings. The van der Waals surface area contributed by atoms with Gasteiger partial charge in [-0.25, -0.2) is 9.97 Å². The second-order valence-corrected chi connectivity index (χ2v) is 9.37. The summed E-state index contributed by atoms with van der Waals surface area (Å²) in [6.07, 6.45) is 10.7. The van der Waals surface area contributed by atoms with Crippen molar-refractivity contribution in [2.45, 2.75) is 51.9 Å². The van der Waals surface area contributed by atoms with E-state index in [0.29, 0.717) is 11.2 Å². The van der Waals surface area contributed by atoms with Gasteiger partial charge in [0.05, 0.1) is 17.6 Å². The Balaban J connectivity index is 1.50. The minimum Gasteiger partial charge on any atom is -0.508 e. The highest BCUT2D eigenvalue weighted by molar-refractivity contribution is 5.88. The molecule has 2 N–H and O–H groups in total. The van der Waals surface area contributed by atoms with Crippen LogP contribution >= 0.6 is 0 Å². The molecule has 4 bridgehead atoms. The number of phenolic OH excluding ortho intramolecular Hbond substituents is 1. The lowest BCUT2D eigenvalue weighted by Crippen LogP contribution is -2.47. The smallest absolute Gasteiger partial charge is 0.222 e. The zero-order chi connectivity index (χ0) is 19.3. The highest BCUT2D eigenvalue weighted by Crippen LogP contribution is 2.61. The molecule has 0 aliphatic heterocycles. The number of aromatic nitrogens is 2. The van der Waals surface area contributed by atoms with E-state index in [1.165, 1.54) is 45.4 Å². The molecule has 4 saturated carbocycles. The maximum absolute atomic E-state index is 11.7. The first kappa shape index (κ1) is 17.7. The standard InChI is InChI=1S/C23H27N3O2/c1-14(27)25-22-20(26-21(13-24-22)18-2-4-19(28)5-3-18)12-23-9-15-6-16(10-23)8-17(7-15)11-23/h2-5,13,15-17,28H,6-12H2,1H3,(H,24,25,27). The van der Waals surface area contributed by atoms with E-state index in [2.05, 4.69) is 10.3 Å². The third-order valence-electron chi connectivity index (χ3n) is 7.01. The van der Waals surface area contributed by atoms with Gasteiger partial charge < -0.3 is 10.4 Å². The Hall–Kier alpha value is -2.43. The van der Waals surface area contributed by atoms with Gasteiger partial charge in [0.25, 0.3) is 0 Å². The molecule has 146 valence electrons. The first-order chi connectivity index (χ1) is 13.5. The molecule has 28 heavy (non-hydrogen) atoms. The topological polar surface area (TPSA) is 75.1 Å². The predicted molar refractivity (Wildman–Crippen MR) is 108 cm³/mol. The Bertz CT molecular complexity index is 871. The monoisotopic (exact) mass is 377 g/mol. The summed E-state index contributed by atoms with van der Waals surface area (Å²) in [5.74, 6) is 3.36. The molecule has 4 aliphatic carbocycles. The van der Waals surface area contributed by atoms with Gasteiger partial charge in [-0.3, -0.25) is 4.79 Å². The predicted octanol–water partition coefficient (Wildman–Crippen LogP) is 4.57. The number of aromatic hydroxyl groups is 1. The van der Waals surface area contributed by atoms with E-state index < -0.39 is 0 Å². The molecule has 1 aromatic heterocycles. The van der Waals surface area contributed by atoms with Crippen molar-refractivity contribution < 1.29 is 9.90 Å². The van der Waals surface area contributed by atoms with E-state index in [4.69, 9.17) is 4.98 Å². The molecule has 0 atom stereocenters. The molecule has 1 amide bonds. The number of nitrogens with zero attached hydrogens (tertiary/aromatic N) is 2. The Kier molecular flexibility index (Phi) is 4.14. The van der Waals surface area contributed by atoms with Gasteiger partial charge in [-0.1, -0.05) is 0 Å². The van der Waals surface area contributed by atoms with Crippen LogP contribution in [0.4, 0.5) is 5.82 Å². The van der Waals surface area contributed by atoms with Crippen LogP contribution in [0.15, 0.2) is 30.5 Å². The lowest BCUT2D eigenvalue weighted by atomic mass is 9.48. The largest absolute Gasteiger partial charge is 0.508 e. The highest BCUT2D eigenvalue weighted by Gasteiger charge is 2.51. The van der Waals surface area contributed by atoms with Crippen molar-refractivity contribution in [2.75, 3.05) is 5.32 Å². The fourth-order valence-electron chi connectivity index (χ4n) is 6.45. The first-order valence-electron chi connectivity index (χ1n) is 10.4. The SMILES string of the molecule is CC(=O)Nc1ncc(-c2ccc(O)cc2)nc1CC12CC3CC(CC(C3)C1)C2. The summed E-state index contributed by atoms with van der Waals surface area (Å²) in [4.78, 5) is 21.2. The van der Waals surface area contributed by atoms with Gasteiger partial charge in [0.15, 0.2) is 5.82 Å². The summed E-state index contributed by atoms with van der Waals surface area (Å²) < 4.78 is 0. The minimum absolute atomic E-state index is 0.113. The Morgan fingerprint density at radius 2 is 1.71 bits per heavy atom. The van der Waals surface area contributed by atoms with Crippen LogP contribution in [-0.4, -0.2) is 21.0 Å². The fraction of sp³-hybridized carbons (Fsp3) is 0.522. The van der Waals surface area contributed by atoms with Crippen molar-refractivity contribution in [3.63, 3.8) is 0 Å². The minimum atomic E-state index is -0.113. The van der Waals surface area contributed by atoms with Gasteiger partial charge in [-0.2, -0.15) is 0 Å². The summed E-state index contributed by atoms with van der Waals surface area (Å²) in [6.45, 7) is 1.52. The number of carbonyl (C=O) groups is 1. The first-order valence-corrected chi connectivity index (χ1v) is 10.4. The van der Waals surface area contributed by atoms with E-state index in [-0.39, 0.29) is 11.7 Å². The van der Waals surface area contributed by atoms with E-state index in [1.54, 1.807) is 18.3 Å². The van der Waals surface area contributed by atoms with Crippen molar-refractivity contribution in [2.24, 2.45) is 23.2 Å². The number of carbonyl (C=O) groups excluding carboxylic acids is 1. The molecule has 1 aromatic carbocycles. The average Bonchev–Trinajstić information content (AvgIpc) is 2.62. The number of nitrogens with one attached hydrogen (secondary N) is 1. The Labute approximate surface area is 165 Å². The maximum atomic E-state index is 11.7. The summed E-state index contributed by atoms with van der Waals surface area (Å²) in [5, 5.41) is 12.5. The van der Waals surface area contributed by atoms with Crippen LogP contribution in [0.25, 0.3) is 11.3 Å². The quantitative estimate of drug-likeness (QED) is 0.819. The average molecular weight is 377 g/mol. The Morgan fingerprint density at radius 3 is 2.29 bits per heavy atom. The molecule has 0 radical (unpaired) electrons. The molecule has 5 nitrogen and oxygen atoms in total. The second-order valence-electron chi connectivity index (χ2n) is 9.37. The van der Waals surface area contributed by atoms with E-state index >= 15 is 0 Å². The molecule has 2 aromatic rings. The molecule has 4 aliphatic rings. The number of anilines is 1. The molecule has 6 rings (SSSR count). The van der Waals surface area contributed by atoms with Crippen LogP contribution in [0.3, 0.4) is 0 Å². The zero-order valence-corrected chi connectivity index (χ0v) is 16.3. The van der Waals surface area contributed by atoms with Gasteiger partial charge in [-0.05, 0) is 92.4 Å². The number of hydrogen-bond donors (Lipinski definition) is 2. The number of amides is 1. The van der Waals surface area contributed by atoms with Gasteiger partial charge in [0.1, 0.15) is 5.75 Å². The molecular formula is C23H27N3O2. The third kappa shape index (κ3) is 3.27. The van der Waals surface area contributed by atoms with Crippen LogP contribution in [0.1, 0.15) is 51.1 Å². The number of rotatable bonds is 4. The molecule has 5 heteroatoms. The van der Waals surface area contributed by atoms with Crippen LogP contribution in [-0.2, 0) is 11.2 Å². The second kappa shape index (κ2) is 6.57. The number of hydrogen-bond acceptors (Lipinski definition) is 4. The van der Waals surface area contributed by atoms with Crippen molar-refractivity contribution in [1.82, 2.24) is 9.97 Å². The number of benzene rings is 1. The third-order valence-corrected chi connectivity index (χ3v) is 7.01. The number of phenols is 1. The van der Waals surface area contributed by atoms with Crippen LogP contribution in [0.2, 0.25) is 0 Å². The van der Waals surface area contributed by atoms with Crippen LogP contribution in [0.5, 0.6) is 5.75 Å². The fourth-order valence-corrected chi connectivity index (χ4v) is 6.45. The molecule has 0 saturated heterocycles. The van der Waals surface area contributed by atoms with Gasteiger partial charge in [0.2, 0.25) is 5.91 Å². The van der Waals surface area contributed by atoms with Crippen molar-refractivity contribution in [3.8, 4) is 17.0 Å². The van der Waals surface area contributed by atoms with Gasteiger partial charge >= 0.3 is 0 Å². The lowest BCUT2D eigenvalue weighted by molar-refractivity contribution is -0.114. The van der Waals surface area contributed by atoms with Gasteiger partial charge in [0, 0.05) is 12.5 Å². The molecule has 0 spiro atoms. The highest BCUT2D eigenvalue weighted by atomic mass is 16.3. The van der Waals surface area contributed by atoms with Crippen LogP contribution < -0.4 is 5.32 Å². The van der Waals surface area contributed by atoms with Crippen molar-refractivity contribution >= 4 is 11.7 Å². The summed E-state index contributed by atoms with van der Waals surface area (Å²) in [5.41, 5.74) is 2.94. The Morgan fingerprint density at radius 1 is 1.11 bits per heavy atom. The maximum Gasteiger partial charge on any atom is 0.222 e. The molecule has 0 unspecified atom stereocenters. The summed E-state index contributed by atoms with van der Waals surface area (Å²) in [7, 11) is 0. The van der Waals surface area contributed by atoms with E-state index in [0.717, 1.165) is 41.1 Å². The summed E-state index contributed by atoms with van der Waals surface area (Å²) >= 11 is 0. The van der Waals surface area contributed by atoms with E-state index in [9.17, 15) is 9.90 Å². The van der Waals surface area contributed by atoms with Crippen molar-refractivity contribution in [1.29, 1.82) is 0 Å². The normalized spacial score (nSPS) is 30.4. The molecular weight excluding hydrogens is 350 g/mol. The van der Waals surface area contributed by atoms with Crippen LogP contribution in [0, 0.1) is 23.2 Å².